The molecule has 1 aromatic carbocycles. The highest BCUT2D eigenvalue weighted by atomic mass is 32.1. The largest absolute Gasteiger partial charge is 0.460 e. The molecule has 2 N–H and O–H groups in total. The minimum absolute atomic E-state index is 0.0292. The molecule has 2 rings (SSSR count). The molecular weight excluding hydrogens is 487 g/mol. The summed E-state index contributed by atoms with van der Waals surface area (Å²) in [6.45, 7) is 9.92. The van der Waals surface area contributed by atoms with Crippen LogP contribution in [-0.4, -0.2) is 34.1 Å². The van der Waals surface area contributed by atoms with Crippen LogP contribution >= 0.6 is 11.3 Å². The van der Waals surface area contributed by atoms with Gasteiger partial charge in [0.1, 0.15) is 5.01 Å². The first-order valence-corrected chi connectivity index (χ1v) is 11.7. The third-order valence-corrected chi connectivity index (χ3v) is 5.82. The number of aromatic nitrogens is 2. The summed E-state index contributed by atoms with van der Waals surface area (Å²) >= 11 is 1.18. The Labute approximate surface area is 204 Å². The van der Waals surface area contributed by atoms with Crippen molar-refractivity contribution in [3.8, 4) is 5.75 Å². The number of amides is 1. The zero-order valence-corrected chi connectivity index (χ0v) is 20.9. The number of benzene rings is 1. The number of nitrogens with two attached hydrogens (primary N) is 1. The number of unbranched alkanes of at least 4 members (excludes halogenated alkanes) is 1. The molecule has 1 amide bonds. The number of oxime groups is 1. The summed E-state index contributed by atoms with van der Waals surface area (Å²) in [5.74, 6) is -3.00. The number of carbonyl (C=O) groups excluding carboxylic acids is 2. The first-order valence-electron chi connectivity index (χ1n) is 10.8. The van der Waals surface area contributed by atoms with Crippen molar-refractivity contribution in [2.75, 3.05) is 6.61 Å². The first kappa shape index (κ1) is 28.0. The molecule has 1 heterocycles. The quantitative estimate of drug-likeness (QED) is 0.257. The highest BCUT2D eigenvalue weighted by Crippen LogP contribution is 2.33. The van der Waals surface area contributed by atoms with Crippen LogP contribution in [0.25, 0.3) is 0 Å². The first-order chi connectivity index (χ1) is 16.3. The summed E-state index contributed by atoms with van der Waals surface area (Å²) < 4.78 is 46.2. The van der Waals surface area contributed by atoms with Crippen LogP contribution in [0.3, 0.4) is 0 Å². The molecule has 13 heteroatoms. The van der Waals surface area contributed by atoms with Crippen molar-refractivity contribution < 1.29 is 32.3 Å². The smallest absolute Gasteiger partial charge is 0.416 e. The van der Waals surface area contributed by atoms with Crippen molar-refractivity contribution >= 4 is 29.0 Å². The van der Waals surface area contributed by atoms with Gasteiger partial charge in [0.25, 0.3) is 5.91 Å². The fourth-order valence-electron chi connectivity index (χ4n) is 2.59. The molecule has 192 valence electrons. The van der Waals surface area contributed by atoms with Crippen molar-refractivity contribution in [1.82, 2.24) is 9.78 Å². The monoisotopic (exact) mass is 515 g/mol. The third-order valence-electron chi connectivity index (χ3n) is 4.45. The molecule has 0 bridgehead atoms. The van der Waals surface area contributed by atoms with Gasteiger partial charge in [-0.1, -0.05) is 50.6 Å². The van der Waals surface area contributed by atoms with Gasteiger partial charge in [-0.15, -0.1) is 0 Å². The zero-order valence-electron chi connectivity index (χ0n) is 20.1. The van der Waals surface area contributed by atoms with Crippen molar-refractivity contribution in [1.29, 1.82) is 0 Å². The average molecular weight is 516 g/mol. The Hall–Kier alpha value is -3.22. The molecular formula is C22H28F3N5O4S. The van der Waals surface area contributed by atoms with Crippen LogP contribution in [0.1, 0.15) is 68.4 Å². The van der Waals surface area contributed by atoms with Crippen molar-refractivity contribution in [2.24, 2.45) is 15.9 Å². The fourth-order valence-corrected chi connectivity index (χ4v) is 3.57. The van der Waals surface area contributed by atoms with Crippen LogP contribution in [0.2, 0.25) is 0 Å². The molecule has 0 aliphatic carbocycles. The highest BCUT2D eigenvalue weighted by Gasteiger charge is 2.32. The Balaban J connectivity index is 2.57. The van der Waals surface area contributed by atoms with Crippen LogP contribution in [0.15, 0.2) is 28.3 Å². The number of carbonyl (C=O) groups is 2. The van der Waals surface area contributed by atoms with E-state index in [1.807, 2.05) is 27.7 Å². The maximum atomic E-state index is 13.3. The Morgan fingerprint density at radius 1 is 1.20 bits per heavy atom. The molecule has 9 nitrogen and oxygen atoms in total. The molecule has 35 heavy (non-hydrogen) atoms. The summed E-state index contributed by atoms with van der Waals surface area (Å²) in [5.41, 5.74) is 3.56. The van der Waals surface area contributed by atoms with Gasteiger partial charge in [-0.3, -0.25) is 4.79 Å². The number of hydrogen-bond acceptors (Lipinski definition) is 7. The lowest BCUT2D eigenvalue weighted by Gasteiger charge is -2.12. The summed E-state index contributed by atoms with van der Waals surface area (Å²) in [4.78, 5) is 34.0. The van der Waals surface area contributed by atoms with Crippen molar-refractivity contribution in [3.63, 3.8) is 0 Å². The summed E-state index contributed by atoms with van der Waals surface area (Å²) in [6.07, 6.45) is -3.07. The minimum atomic E-state index is -4.72. The number of nitrogens with zero attached hydrogens (tertiary/aromatic N) is 4. The van der Waals surface area contributed by atoms with Gasteiger partial charge in [0, 0.05) is 12.0 Å². The van der Waals surface area contributed by atoms with E-state index in [1.54, 1.807) is 11.6 Å². The lowest BCUT2D eigenvalue weighted by atomic mass is 9.98. The van der Waals surface area contributed by atoms with Gasteiger partial charge in [0.2, 0.25) is 10.6 Å². The predicted octanol–water partition coefficient (Wildman–Crippen LogP) is 4.02. The van der Waals surface area contributed by atoms with E-state index in [-0.39, 0.29) is 22.6 Å². The second kappa shape index (κ2) is 11.5. The van der Waals surface area contributed by atoms with Gasteiger partial charge < -0.3 is 15.3 Å². The summed E-state index contributed by atoms with van der Waals surface area (Å²) in [7, 11) is 0. The molecule has 0 saturated heterocycles. The van der Waals surface area contributed by atoms with E-state index in [1.165, 1.54) is 11.3 Å². The summed E-state index contributed by atoms with van der Waals surface area (Å²) in [6, 6.07) is 2.24. The number of halogens is 3. The second-order valence-electron chi connectivity index (χ2n) is 8.43. The normalized spacial score (nSPS) is 13.1. The van der Waals surface area contributed by atoms with E-state index in [9.17, 15) is 22.8 Å². The Morgan fingerprint density at radius 2 is 1.89 bits per heavy atom. The van der Waals surface area contributed by atoms with Crippen LogP contribution < -0.4 is 15.4 Å². The van der Waals surface area contributed by atoms with Crippen molar-refractivity contribution in [2.45, 2.75) is 65.6 Å². The maximum absolute atomic E-state index is 13.3. The number of rotatable bonds is 7. The Kier molecular flexibility index (Phi) is 9.18. The SMILES string of the molecule is CCCCn1nc(C(C)(C)C)sc1=NC(=O)c1cc(C(F)(F)F)ccc1ON=C(N)C(=O)OCC. The molecule has 0 radical (unpaired) electrons. The fraction of sp³-hybridized carbons (Fsp3) is 0.500. The van der Waals surface area contributed by atoms with E-state index in [0.717, 1.165) is 18.9 Å². The molecule has 0 aliphatic heterocycles. The molecule has 0 unspecified atom stereocenters. The van der Waals surface area contributed by atoms with E-state index >= 15 is 0 Å². The highest BCUT2D eigenvalue weighted by molar-refractivity contribution is 7.09. The molecule has 1 aromatic heterocycles. The average Bonchev–Trinajstić information content (AvgIpc) is 3.18. The molecule has 0 atom stereocenters. The maximum Gasteiger partial charge on any atom is 0.416 e. The molecule has 0 saturated carbocycles. The number of ether oxygens (including phenoxy) is 1. The van der Waals surface area contributed by atoms with Crippen LogP contribution in [0, 0.1) is 0 Å². The number of amidine groups is 1. The number of alkyl halides is 3. The number of aryl methyl sites for hydroxylation is 1. The van der Waals surface area contributed by atoms with Gasteiger partial charge in [-0.25, -0.2) is 9.48 Å². The van der Waals surface area contributed by atoms with Crippen LogP contribution in [0.5, 0.6) is 5.75 Å². The van der Waals surface area contributed by atoms with Gasteiger partial charge >= 0.3 is 12.1 Å². The zero-order chi connectivity index (χ0) is 26.4. The van der Waals surface area contributed by atoms with Gasteiger partial charge in [-0.2, -0.15) is 23.3 Å². The van der Waals surface area contributed by atoms with E-state index in [0.29, 0.717) is 23.7 Å². The Bertz CT molecular complexity index is 1160. The third kappa shape index (κ3) is 7.64. The lowest BCUT2D eigenvalue weighted by Crippen LogP contribution is -2.27. The molecule has 0 aliphatic rings. The van der Waals surface area contributed by atoms with Crippen LogP contribution in [0.4, 0.5) is 13.2 Å². The number of esters is 1. The van der Waals surface area contributed by atoms with Gasteiger partial charge in [0.05, 0.1) is 17.7 Å². The number of hydrogen-bond donors (Lipinski definition) is 1. The topological polar surface area (TPSA) is 121 Å². The second-order valence-corrected chi connectivity index (χ2v) is 9.39. The molecule has 0 fully saturated rings. The van der Waals surface area contributed by atoms with E-state index in [2.05, 4.69) is 20.0 Å². The molecule has 0 spiro atoms. The Morgan fingerprint density at radius 3 is 2.46 bits per heavy atom. The van der Waals surface area contributed by atoms with E-state index < -0.39 is 35.0 Å². The summed E-state index contributed by atoms with van der Waals surface area (Å²) in [5, 5.41) is 8.62. The predicted molar refractivity (Wildman–Crippen MR) is 124 cm³/mol. The van der Waals surface area contributed by atoms with Crippen LogP contribution in [-0.2, 0) is 27.7 Å². The van der Waals surface area contributed by atoms with E-state index in [4.69, 9.17) is 10.6 Å². The lowest BCUT2D eigenvalue weighted by molar-refractivity contribution is -0.137. The van der Waals surface area contributed by atoms with Crippen molar-refractivity contribution in [3.05, 3.63) is 39.1 Å². The molecule has 2 aromatic rings. The van der Waals surface area contributed by atoms with Gasteiger partial charge in [-0.05, 0) is 31.5 Å². The standard InChI is InChI=1S/C22H28F3N5O4S/c1-6-8-11-30-20(35-19(28-30)21(3,4)5)27-17(31)14-12-13(22(23,24)25)9-10-15(14)34-29-16(26)18(32)33-7-2/h9-10,12H,6-8,11H2,1-5H3,(H2,26,29). The van der Waals surface area contributed by atoms with Gasteiger partial charge in [0.15, 0.2) is 5.75 Å². The minimum Gasteiger partial charge on any atom is -0.460 e.